The summed E-state index contributed by atoms with van der Waals surface area (Å²) in [5.41, 5.74) is 3.61. The van der Waals surface area contributed by atoms with Gasteiger partial charge in [0.25, 0.3) is 0 Å². The smallest absolute Gasteiger partial charge is 0.139 e. The molecule has 4 rings (SSSR count). The molecule has 0 heterocycles. The largest absolute Gasteiger partial charge is 0.410 e. The fourth-order valence-corrected chi connectivity index (χ4v) is 3.35. The fraction of sp³-hybridized carbons (Fsp3) is 0. The van der Waals surface area contributed by atoms with Crippen molar-refractivity contribution >= 4 is 22.8 Å². The van der Waals surface area contributed by atoms with Gasteiger partial charge in [0.05, 0.1) is 0 Å². The molecule has 0 unspecified atom stereocenters. The maximum absolute atomic E-state index is 9.14. The first-order chi connectivity index (χ1) is 17.7. The third-order valence-corrected chi connectivity index (χ3v) is 5.04. The van der Waals surface area contributed by atoms with E-state index >= 15 is 0 Å². The van der Waals surface area contributed by atoms with E-state index in [-0.39, 0.29) is 39.6 Å². The standard InChI is InChI=1S/2C14H12N2O2.Co/c2*17-15-13(11-7-3-1-4-8-11)14(16-18)12-9-5-2-6-10-12;/h2*1-10,17-18H;. The Morgan fingerprint density at radius 2 is 0.486 bits per heavy atom. The molecule has 0 amide bonds. The van der Waals surface area contributed by atoms with Crippen molar-refractivity contribution in [3.05, 3.63) is 144 Å². The summed E-state index contributed by atoms with van der Waals surface area (Å²) in [5, 5.41) is 49.5. The molecule has 4 aromatic carbocycles. The minimum atomic E-state index is 0. The first-order valence-electron chi connectivity index (χ1n) is 10.8. The monoisotopic (exact) mass is 539 g/mol. The van der Waals surface area contributed by atoms with Crippen LogP contribution in [0.5, 0.6) is 0 Å². The molecule has 37 heavy (non-hydrogen) atoms. The van der Waals surface area contributed by atoms with Crippen LogP contribution in [-0.4, -0.2) is 43.7 Å². The zero-order chi connectivity index (χ0) is 25.6. The van der Waals surface area contributed by atoms with E-state index in [4.69, 9.17) is 20.8 Å². The molecule has 9 heteroatoms. The molecule has 0 atom stereocenters. The predicted octanol–water partition coefficient (Wildman–Crippen LogP) is 5.48. The van der Waals surface area contributed by atoms with Crippen LogP contribution in [0.4, 0.5) is 0 Å². The van der Waals surface area contributed by atoms with E-state index in [0.717, 1.165) is 0 Å². The SMILES string of the molecule is ON=C(C(=NO)c1ccccc1)c1ccccc1.ON=C(C(=NO)c1ccccc1)c1ccccc1.[Co]. The molecule has 0 saturated heterocycles. The zero-order valence-corrected chi connectivity index (χ0v) is 20.5. The van der Waals surface area contributed by atoms with Gasteiger partial charge in [-0.2, -0.15) is 0 Å². The van der Waals surface area contributed by atoms with Gasteiger partial charge in [-0.25, -0.2) is 0 Å². The van der Waals surface area contributed by atoms with Gasteiger partial charge in [-0.05, 0) is 0 Å². The van der Waals surface area contributed by atoms with Crippen LogP contribution in [0.15, 0.2) is 142 Å². The maximum atomic E-state index is 9.14. The Kier molecular flexibility index (Phi) is 11.8. The van der Waals surface area contributed by atoms with Crippen LogP contribution in [0, 0.1) is 0 Å². The number of nitrogens with zero attached hydrogens (tertiary/aromatic N) is 4. The van der Waals surface area contributed by atoms with E-state index in [2.05, 4.69) is 20.6 Å². The van der Waals surface area contributed by atoms with Gasteiger partial charge < -0.3 is 20.8 Å². The summed E-state index contributed by atoms with van der Waals surface area (Å²) < 4.78 is 0. The van der Waals surface area contributed by atoms with Gasteiger partial charge in [0, 0.05) is 39.0 Å². The van der Waals surface area contributed by atoms with Gasteiger partial charge in [0.2, 0.25) is 0 Å². The van der Waals surface area contributed by atoms with E-state index in [1.807, 2.05) is 72.8 Å². The summed E-state index contributed by atoms with van der Waals surface area (Å²) in [6.45, 7) is 0. The van der Waals surface area contributed by atoms with Crippen LogP contribution < -0.4 is 0 Å². The average molecular weight is 539 g/mol. The molecule has 4 aromatic rings. The molecule has 4 N–H and O–H groups in total. The summed E-state index contributed by atoms with van der Waals surface area (Å²) >= 11 is 0. The molecular formula is C28H24CoN4O4. The Morgan fingerprint density at radius 1 is 0.324 bits per heavy atom. The average Bonchev–Trinajstić information content (AvgIpc) is 2.96. The number of benzene rings is 4. The quantitative estimate of drug-likeness (QED) is 0.147. The zero-order valence-electron chi connectivity index (χ0n) is 19.5. The summed E-state index contributed by atoms with van der Waals surface area (Å²) in [5.74, 6) is 0. The summed E-state index contributed by atoms with van der Waals surface area (Å²) in [6, 6.07) is 36.2. The first kappa shape index (κ1) is 28.5. The molecular weight excluding hydrogens is 515 g/mol. The molecule has 8 nitrogen and oxygen atoms in total. The van der Waals surface area contributed by atoms with Crippen molar-refractivity contribution in [1.82, 2.24) is 0 Å². The predicted molar refractivity (Wildman–Crippen MR) is 139 cm³/mol. The van der Waals surface area contributed by atoms with Gasteiger partial charge in [-0.1, -0.05) is 142 Å². The number of hydrogen-bond acceptors (Lipinski definition) is 8. The van der Waals surface area contributed by atoms with Gasteiger partial charge in [-0.3, -0.25) is 0 Å². The van der Waals surface area contributed by atoms with Gasteiger partial charge in [0.1, 0.15) is 22.8 Å². The number of hydrogen-bond donors (Lipinski definition) is 4. The van der Waals surface area contributed by atoms with E-state index in [1.165, 1.54) is 0 Å². The maximum Gasteiger partial charge on any atom is 0.139 e. The first-order valence-corrected chi connectivity index (χ1v) is 10.8. The second kappa shape index (κ2) is 15.3. The summed E-state index contributed by atoms with van der Waals surface area (Å²) in [4.78, 5) is 0. The van der Waals surface area contributed by atoms with Gasteiger partial charge in [-0.15, -0.1) is 0 Å². The summed E-state index contributed by atoms with van der Waals surface area (Å²) in [7, 11) is 0. The van der Waals surface area contributed by atoms with Crippen molar-refractivity contribution in [2.24, 2.45) is 20.6 Å². The topological polar surface area (TPSA) is 130 Å². The van der Waals surface area contributed by atoms with E-state index in [0.29, 0.717) is 22.3 Å². The Balaban J connectivity index is 0.000000253. The molecule has 0 aliphatic carbocycles. The molecule has 189 valence electrons. The third kappa shape index (κ3) is 7.62. The Hall–Kier alpha value is -4.73. The van der Waals surface area contributed by atoms with Gasteiger partial charge in [0.15, 0.2) is 0 Å². The fourth-order valence-electron chi connectivity index (χ4n) is 3.35. The Bertz CT molecular complexity index is 1130. The second-order valence-corrected chi connectivity index (χ2v) is 7.26. The minimum absolute atomic E-state index is 0. The third-order valence-electron chi connectivity index (χ3n) is 5.04. The van der Waals surface area contributed by atoms with Crippen molar-refractivity contribution in [3.8, 4) is 0 Å². The molecule has 1 radical (unpaired) electrons. The minimum Gasteiger partial charge on any atom is -0.410 e. The Labute approximate surface area is 224 Å². The van der Waals surface area contributed by atoms with E-state index in [1.54, 1.807) is 48.5 Å². The molecule has 0 aliphatic heterocycles. The van der Waals surface area contributed by atoms with Crippen LogP contribution in [0.3, 0.4) is 0 Å². The van der Waals surface area contributed by atoms with Crippen molar-refractivity contribution in [2.75, 3.05) is 0 Å². The van der Waals surface area contributed by atoms with Crippen LogP contribution in [0.1, 0.15) is 22.3 Å². The number of oxime groups is 4. The van der Waals surface area contributed by atoms with Crippen molar-refractivity contribution in [1.29, 1.82) is 0 Å². The van der Waals surface area contributed by atoms with E-state index in [9.17, 15) is 0 Å². The van der Waals surface area contributed by atoms with Gasteiger partial charge >= 0.3 is 0 Å². The second-order valence-electron chi connectivity index (χ2n) is 7.26. The molecule has 0 bridgehead atoms. The van der Waals surface area contributed by atoms with Crippen molar-refractivity contribution < 1.29 is 37.6 Å². The van der Waals surface area contributed by atoms with Crippen LogP contribution >= 0.6 is 0 Å². The summed E-state index contributed by atoms with van der Waals surface area (Å²) in [6.07, 6.45) is 0. The molecule has 0 saturated carbocycles. The molecule has 0 aliphatic rings. The molecule has 0 aromatic heterocycles. The molecule has 0 fully saturated rings. The van der Waals surface area contributed by atoms with Crippen LogP contribution in [0.2, 0.25) is 0 Å². The molecule has 0 spiro atoms. The normalized spacial score (nSPS) is 12.1. The van der Waals surface area contributed by atoms with Crippen LogP contribution in [-0.2, 0) is 16.8 Å². The van der Waals surface area contributed by atoms with Crippen molar-refractivity contribution in [2.45, 2.75) is 0 Å². The van der Waals surface area contributed by atoms with Crippen molar-refractivity contribution in [3.63, 3.8) is 0 Å². The van der Waals surface area contributed by atoms with E-state index < -0.39 is 0 Å². The van der Waals surface area contributed by atoms with Crippen LogP contribution in [0.25, 0.3) is 0 Å². The Morgan fingerprint density at radius 3 is 0.622 bits per heavy atom. The number of rotatable bonds is 6.